The molecule has 2 rings (SSSR count). The number of aryl methyl sites for hydroxylation is 2. The normalized spacial score (nSPS) is 9.94. The van der Waals surface area contributed by atoms with E-state index in [1.165, 1.54) is 10.4 Å². The number of anilines is 1. The molecule has 17 heavy (non-hydrogen) atoms. The Morgan fingerprint density at radius 2 is 2.06 bits per heavy atom. The summed E-state index contributed by atoms with van der Waals surface area (Å²) in [6.45, 7) is 4.91. The van der Waals surface area contributed by atoms with E-state index in [-0.39, 0.29) is 0 Å². The molecule has 86 valence electrons. The van der Waals surface area contributed by atoms with Gasteiger partial charge < -0.3 is 5.32 Å². The van der Waals surface area contributed by atoms with Gasteiger partial charge in [0.1, 0.15) is 6.07 Å². The first-order chi connectivity index (χ1) is 8.22. The minimum atomic E-state index is 0.708. The van der Waals surface area contributed by atoms with Gasteiger partial charge in [0, 0.05) is 11.4 Å². The van der Waals surface area contributed by atoms with E-state index in [4.69, 9.17) is 5.26 Å². The van der Waals surface area contributed by atoms with E-state index in [9.17, 15) is 0 Å². The zero-order chi connectivity index (χ0) is 12.3. The highest BCUT2D eigenvalue weighted by atomic mass is 32.1. The average Bonchev–Trinajstić information content (AvgIpc) is 2.73. The van der Waals surface area contributed by atoms with Crippen LogP contribution in [0.1, 0.15) is 21.6 Å². The van der Waals surface area contributed by atoms with Crippen molar-refractivity contribution in [2.75, 3.05) is 5.32 Å². The van der Waals surface area contributed by atoms with Gasteiger partial charge in [-0.1, -0.05) is 12.1 Å². The van der Waals surface area contributed by atoms with Gasteiger partial charge in [0.05, 0.1) is 11.3 Å². The second-order valence-electron chi connectivity index (χ2n) is 3.99. The highest BCUT2D eigenvalue weighted by Crippen LogP contribution is 2.22. The van der Waals surface area contributed by atoms with Crippen LogP contribution in [0, 0.1) is 25.2 Å². The summed E-state index contributed by atoms with van der Waals surface area (Å²) in [6.07, 6.45) is 0. The van der Waals surface area contributed by atoms with Gasteiger partial charge in [-0.25, -0.2) is 0 Å². The number of nitrogens with zero attached hydrogens (tertiary/aromatic N) is 1. The standard InChI is InChI=1S/C14H14N2S/c1-10-6-7-17-13(10)9-16-14-11(2)4-3-5-12(14)8-15/h3-7,16H,9H2,1-2H3. The number of hydrogen-bond donors (Lipinski definition) is 1. The van der Waals surface area contributed by atoms with Gasteiger partial charge in [-0.2, -0.15) is 5.26 Å². The van der Waals surface area contributed by atoms with E-state index < -0.39 is 0 Å². The molecule has 0 saturated heterocycles. The SMILES string of the molecule is Cc1ccsc1CNc1c(C)cccc1C#N. The van der Waals surface area contributed by atoms with Gasteiger partial charge >= 0.3 is 0 Å². The second kappa shape index (κ2) is 5.03. The first-order valence-electron chi connectivity index (χ1n) is 5.49. The zero-order valence-electron chi connectivity index (χ0n) is 9.95. The quantitative estimate of drug-likeness (QED) is 0.887. The Hall–Kier alpha value is -1.79. The van der Waals surface area contributed by atoms with Crippen LogP contribution >= 0.6 is 11.3 Å². The molecule has 0 aliphatic heterocycles. The second-order valence-corrected chi connectivity index (χ2v) is 4.99. The van der Waals surface area contributed by atoms with Crippen molar-refractivity contribution in [3.63, 3.8) is 0 Å². The summed E-state index contributed by atoms with van der Waals surface area (Å²) in [5, 5.41) is 14.5. The van der Waals surface area contributed by atoms with Gasteiger partial charge in [-0.3, -0.25) is 0 Å². The van der Waals surface area contributed by atoms with Crippen LogP contribution in [0.15, 0.2) is 29.6 Å². The Morgan fingerprint density at radius 1 is 1.24 bits per heavy atom. The van der Waals surface area contributed by atoms with Gasteiger partial charge in [0.15, 0.2) is 0 Å². The fourth-order valence-electron chi connectivity index (χ4n) is 1.75. The molecular weight excluding hydrogens is 228 g/mol. The van der Waals surface area contributed by atoms with Crippen molar-refractivity contribution >= 4 is 17.0 Å². The van der Waals surface area contributed by atoms with Crippen LogP contribution in [0.4, 0.5) is 5.69 Å². The minimum Gasteiger partial charge on any atom is -0.379 e. The molecule has 0 fully saturated rings. The van der Waals surface area contributed by atoms with Crippen molar-refractivity contribution in [3.8, 4) is 6.07 Å². The Kier molecular flexibility index (Phi) is 3.46. The molecule has 0 aliphatic carbocycles. The Morgan fingerprint density at radius 3 is 2.71 bits per heavy atom. The maximum atomic E-state index is 9.07. The summed E-state index contributed by atoms with van der Waals surface area (Å²) >= 11 is 1.74. The number of hydrogen-bond acceptors (Lipinski definition) is 3. The van der Waals surface area contributed by atoms with Gasteiger partial charge in [-0.15, -0.1) is 11.3 Å². The van der Waals surface area contributed by atoms with E-state index in [0.717, 1.165) is 17.8 Å². The van der Waals surface area contributed by atoms with Crippen LogP contribution in [0.25, 0.3) is 0 Å². The van der Waals surface area contributed by atoms with Crippen molar-refractivity contribution in [3.05, 3.63) is 51.2 Å². The molecule has 0 amide bonds. The highest BCUT2D eigenvalue weighted by Gasteiger charge is 2.06. The number of nitriles is 1. The molecule has 0 atom stereocenters. The van der Waals surface area contributed by atoms with Crippen LogP contribution in [0.3, 0.4) is 0 Å². The predicted octanol–water partition coefficient (Wildman–Crippen LogP) is 3.85. The predicted molar refractivity (Wildman–Crippen MR) is 72.3 cm³/mol. The Labute approximate surface area is 106 Å². The van der Waals surface area contributed by atoms with Crippen molar-refractivity contribution in [2.24, 2.45) is 0 Å². The van der Waals surface area contributed by atoms with E-state index in [1.807, 2.05) is 25.1 Å². The Bertz CT molecular complexity index is 564. The molecule has 1 heterocycles. The van der Waals surface area contributed by atoms with Crippen molar-refractivity contribution in [1.29, 1.82) is 5.26 Å². The number of nitrogens with one attached hydrogen (secondary N) is 1. The smallest absolute Gasteiger partial charge is 0.101 e. The fraction of sp³-hybridized carbons (Fsp3) is 0.214. The lowest BCUT2D eigenvalue weighted by atomic mass is 10.1. The molecule has 1 aromatic heterocycles. The maximum absolute atomic E-state index is 9.07. The van der Waals surface area contributed by atoms with Crippen LogP contribution in [0.2, 0.25) is 0 Å². The summed E-state index contributed by atoms with van der Waals surface area (Å²) < 4.78 is 0. The lowest BCUT2D eigenvalue weighted by Crippen LogP contribution is -2.02. The molecular formula is C14H14N2S. The summed E-state index contributed by atoms with van der Waals surface area (Å²) in [5.74, 6) is 0. The fourth-order valence-corrected chi connectivity index (χ4v) is 2.60. The number of thiophene rings is 1. The number of rotatable bonds is 3. The third-order valence-electron chi connectivity index (χ3n) is 2.79. The molecule has 0 radical (unpaired) electrons. The molecule has 0 bridgehead atoms. The van der Waals surface area contributed by atoms with Crippen LogP contribution < -0.4 is 5.32 Å². The average molecular weight is 242 g/mol. The molecule has 2 nitrogen and oxygen atoms in total. The molecule has 3 heteroatoms. The van der Waals surface area contributed by atoms with Gasteiger partial charge in [0.25, 0.3) is 0 Å². The zero-order valence-corrected chi connectivity index (χ0v) is 10.8. The minimum absolute atomic E-state index is 0.708. The molecule has 0 saturated carbocycles. The lowest BCUT2D eigenvalue weighted by molar-refractivity contribution is 1.15. The van der Waals surface area contributed by atoms with E-state index in [0.29, 0.717) is 5.56 Å². The number of para-hydroxylation sites is 1. The van der Waals surface area contributed by atoms with Crippen LogP contribution in [0.5, 0.6) is 0 Å². The molecule has 1 aromatic carbocycles. The largest absolute Gasteiger partial charge is 0.379 e. The summed E-state index contributed by atoms with van der Waals surface area (Å²) in [6, 6.07) is 10.1. The summed E-state index contributed by atoms with van der Waals surface area (Å²) in [7, 11) is 0. The first kappa shape index (κ1) is 11.7. The maximum Gasteiger partial charge on any atom is 0.101 e. The lowest BCUT2D eigenvalue weighted by Gasteiger charge is -2.10. The van der Waals surface area contributed by atoms with Crippen molar-refractivity contribution < 1.29 is 0 Å². The third kappa shape index (κ3) is 2.48. The van der Waals surface area contributed by atoms with Crippen molar-refractivity contribution in [2.45, 2.75) is 20.4 Å². The summed E-state index contributed by atoms with van der Waals surface area (Å²) in [5.41, 5.74) is 4.06. The van der Waals surface area contributed by atoms with Crippen LogP contribution in [-0.2, 0) is 6.54 Å². The van der Waals surface area contributed by atoms with Gasteiger partial charge in [-0.05, 0) is 42.5 Å². The van der Waals surface area contributed by atoms with E-state index in [2.05, 4.69) is 29.8 Å². The molecule has 1 N–H and O–H groups in total. The topological polar surface area (TPSA) is 35.8 Å². The monoisotopic (exact) mass is 242 g/mol. The van der Waals surface area contributed by atoms with Gasteiger partial charge in [0.2, 0.25) is 0 Å². The summed E-state index contributed by atoms with van der Waals surface area (Å²) in [4.78, 5) is 1.32. The first-order valence-corrected chi connectivity index (χ1v) is 6.37. The molecule has 2 aromatic rings. The molecule has 0 aliphatic rings. The van der Waals surface area contributed by atoms with Crippen molar-refractivity contribution in [1.82, 2.24) is 0 Å². The Balaban J connectivity index is 2.20. The molecule has 0 spiro atoms. The number of benzene rings is 1. The van der Waals surface area contributed by atoms with E-state index in [1.54, 1.807) is 11.3 Å². The molecule has 0 unspecified atom stereocenters. The highest BCUT2D eigenvalue weighted by molar-refractivity contribution is 7.10. The van der Waals surface area contributed by atoms with E-state index >= 15 is 0 Å². The third-order valence-corrected chi connectivity index (χ3v) is 3.81. The van der Waals surface area contributed by atoms with Crippen LogP contribution in [-0.4, -0.2) is 0 Å².